The number of halogens is 1. The van der Waals surface area contributed by atoms with Crippen LogP contribution < -0.4 is 14.2 Å². The lowest BCUT2D eigenvalue weighted by atomic mass is 9.74. The molecule has 0 saturated carbocycles. The Morgan fingerprint density at radius 3 is 2.61 bits per heavy atom. The molecule has 0 bridgehead atoms. The maximum absolute atomic E-state index is 14.2. The number of benzene rings is 3. The molecule has 3 nitrogen and oxygen atoms in total. The summed E-state index contributed by atoms with van der Waals surface area (Å²) in [6.45, 7) is 2.35. The molecule has 1 aliphatic rings. The van der Waals surface area contributed by atoms with Crippen LogP contribution in [0.25, 0.3) is 0 Å². The molecular formula is C27H25FO3. The molecule has 4 rings (SSSR count). The average Bonchev–Trinajstić information content (AvgIpc) is 3.28. The third-order valence-electron chi connectivity index (χ3n) is 5.84. The Labute approximate surface area is 182 Å². The fraction of sp³-hybridized carbons (Fsp3) is 0.259. The highest BCUT2D eigenvalue weighted by atomic mass is 19.1. The van der Waals surface area contributed by atoms with Gasteiger partial charge in [-0.3, -0.25) is 0 Å². The van der Waals surface area contributed by atoms with Crippen LogP contribution in [-0.4, -0.2) is 6.79 Å². The topological polar surface area (TPSA) is 27.7 Å². The van der Waals surface area contributed by atoms with Crippen LogP contribution in [0.2, 0.25) is 0 Å². The van der Waals surface area contributed by atoms with Crippen LogP contribution >= 0.6 is 0 Å². The van der Waals surface area contributed by atoms with Gasteiger partial charge in [-0.2, -0.15) is 0 Å². The van der Waals surface area contributed by atoms with Gasteiger partial charge in [0, 0.05) is 0 Å². The Bertz CT molecular complexity index is 1090. The Morgan fingerprint density at radius 1 is 1.03 bits per heavy atom. The zero-order valence-corrected chi connectivity index (χ0v) is 17.6. The lowest BCUT2D eigenvalue weighted by Crippen LogP contribution is -2.23. The summed E-state index contributed by atoms with van der Waals surface area (Å²) in [5.74, 6) is 5.00. The smallest absolute Gasteiger partial charge is 0.231 e. The predicted molar refractivity (Wildman–Crippen MR) is 119 cm³/mol. The fourth-order valence-corrected chi connectivity index (χ4v) is 3.97. The molecule has 158 valence electrons. The minimum Gasteiger partial charge on any atom is -0.454 e. The third kappa shape index (κ3) is 4.51. The van der Waals surface area contributed by atoms with E-state index in [4.69, 9.17) is 20.6 Å². The maximum atomic E-state index is 14.2. The van der Waals surface area contributed by atoms with E-state index in [2.05, 4.69) is 12.8 Å². The molecule has 1 unspecified atom stereocenters. The molecular weight excluding hydrogens is 391 g/mol. The first-order chi connectivity index (χ1) is 15.1. The van der Waals surface area contributed by atoms with Crippen molar-refractivity contribution in [2.24, 2.45) is 0 Å². The van der Waals surface area contributed by atoms with Crippen LogP contribution in [0, 0.1) is 18.2 Å². The fourth-order valence-electron chi connectivity index (χ4n) is 3.97. The van der Waals surface area contributed by atoms with Crippen LogP contribution in [-0.2, 0) is 11.8 Å². The summed E-state index contributed by atoms with van der Waals surface area (Å²) in [6, 6.07) is 20.2. The van der Waals surface area contributed by atoms with Gasteiger partial charge in [0.1, 0.15) is 5.75 Å². The van der Waals surface area contributed by atoms with Crippen molar-refractivity contribution < 1.29 is 18.6 Å². The van der Waals surface area contributed by atoms with Gasteiger partial charge in [-0.1, -0.05) is 43.2 Å². The van der Waals surface area contributed by atoms with E-state index in [1.54, 1.807) is 24.3 Å². The summed E-state index contributed by atoms with van der Waals surface area (Å²) in [5, 5.41) is 0. The number of rotatable bonds is 8. The number of hydrogen-bond donors (Lipinski definition) is 0. The van der Waals surface area contributed by atoms with Crippen molar-refractivity contribution >= 4 is 0 Å². The lowest BCUT2D eigenvalue weighted by molar-refractivity contribution is 0.174. The first-order valence-corrected chi connectivity index (χ1v) is 10.5. The number of aryl methyl sites for hydroxylation is 1. The van der Waals surface area contributed by atoms with E-state index in [9.17, 15) is 4.39 Å². The quantitative estimate of drug-likeness (QED) is 0.385. The summed E-state index contributed by atoms with van der Waals surface area (Å²) in [6.07, 6.45) is 9.28. The Morgan fingerprint density at radius 2 is 1.84 bits per heavy atom. The van der Waals surface area contributed by atoms with E-state index in [-0.39, 0.29) is 23.8 Å². The summed E-state index contributed by atoms with van der Waals surface area (Å²) in [5.41, 5.74) is 1.69. The van der Waals surface area contributed by atoms with Crippen molar-refractivity contribution in [2.75, 3.05) is 6.79 Å². The molecule has 1 heterocycles. The molecule has 1 aliphatic heterocycles. The molecule has 3 aromatic rings. The van der Waals surface area contributed by atoms with Crippen LogP contribution in [0.15, 0.2) is 66.7 Å². The van der Waals surface area contributed by atoms with Gasteiger partial charge in [0.25, 0.3) is 0 Å². The zero-order valence-electron chi connectivity index (χ0n) is 17.6. The number of para-hydroxylation sites is 1. The number of terminal acetylenes is 1. The standard InChI is InChI=1S/C27H25FO3/c1-3-27(4-2,21-13-15-24-26(18-21)30-19-29-24)16-8-9-20-12-14-23(28)25(17-20)31-22-10-6-5-7-11-22/h1,5-7,10-15,17-18H,4,8-9,16,19H2,2H3. The molecule has 3 aromatic carbocycles. The highest BCUT2D eigenvalue weighted by Gasteiger charge is 2.29. The summed E-state index contributed by atoms with van der Waals surface area (Å²) < 4.78 is 30.9. The molecule has 31 heavy (non-hydrogen) atoms. The summed E-state index contributed by atoms with van der Waals surface area (Å²) in [4.78, 5) is 0. The van der Waals surface area contributed by atoms with Gasteiger partial charge in [-0.15, -0.1) is 6.42 Å². The number of fused-ring (bicyclic) bond motifs is 1. The van der Waals surface area contributed by atoms with Crippen LogP contribution in [0.1, 0.15) is 37.3 Å². The first-order valence-electron chi connectivity index (χ1n) is 10.5. The molecule has 0 saturated heterocycles. The minimum atomic E-state index is -0.385. The first kappa shape index (κ1) is 20.8. The second kappa shape index (κ2) is 9.14. The van der Waals surface area contributed by atoms with Gasteiger partial charge >= 0.3 is 0 Å². The van der Waals surface area contributed by atoms with E-state index in [1.165, 1.54) is 6.07 Å². The monoisotopic (exact) mass is 416 g/mol. The van der Waals surface area contributed by atoms with Crippen molar-refractivity contribution in [3.8, 4) is 35.3 Å². The molecule has 1 atom stereocenters. The summed E-state index contributed by atoms with van der Waals surface area (Å²) in [7, 11) is 0. The van der Waals surface area contributed by atoms with Crippen molar-refractivity contribution in [3.63, 3.8) is 0 Å². The SMILES string of the molecule is C#CC(CC)(CCCc1ccc(F)c(Oc2ccccc2)c1)c1ccc2c(c1)OCO2. The van der Waals surface area contributed by atoms with Gasteiger partial charge in [-0.25, -0.2) is 4.39 Å². The van der Waals surface area contributed by atoms with E-state index < -0.39 is 0 Å². The number of ether oxygens (including phenoxy) is 3. The molecule has 0 fully saturated rings. The normalized spacial score (nSPS) is 14.0. The molecule has 4 heteroatoms. The largest absolute Gasteiger partial charge is 0.454 e. The number of hydrogen-bond acceptors (Lipinski definition) is 3. The van der Waals surface area contributed by atoms with Crippen LogP contribution in [0.3, 0.4) is 0 Å². The minimum absolute atomic E-state index is 0.234. The second-order valence-electron chi connectivity index (χ2n) is 7.68. The Balaban J connectivity index is 1.46. The molecule has 0 amide bonds. The Hall–Kier alpha value is -3.45. The van der Waals surface area contributed by atoms with Crippen LogP contribution in [0.5, 0.6) is 23.0 Å². The van der Waals surface area contributed by atoms with Crippen molar-refractivity contribution in [1.29, 1.82) is 0 Å². The van der Waals surface area contributed by atoms with Crippen molar-refractivity contribution in [2.45, 2.75) is 38.0 Å². The molecule has 0 N–H and O–H groups in total. The van der Waals surface area contributed by atoms with Gasteiger partial charge < -0.3 is 14.2 Å². The van der Waals surface area contributed by atoms with Gasteiger partial charge in [0.2, 0.25) is 6.79 Å². The molecule has 0 aromatic heterocycles. The molecule has 0 spiro atoms. The molecule has 0 aliphatic carbocycles. The van der Waals surface area contributed by atoms with Crippen LogP contribution in [0.4, 0.5) is 4.39 Å². The van der Waals surface area contributed by atoms with Crippen molar-refractivity contribution in [1.82, 2.24) is 0 Å². The summed E-state index contributed by atoms with van der Waals surface area (Å²) >= 11 is 0. The van der Waals surface area contributed by atoms with Crippen molar-refractivity contribution in [3.05, 3.63) is 83.7 Å². The lowest BCUT2D eigenvalue weighted by Gasteiger charge is -2.28. The predicted octanol–water partition coefficient (Wildman–Crippen LogP) is 6.65. The average molecular weight is 416 g/mol. The maximum Gasteiger partial charge on any atom is 0.231 e. The highest BCUT2D eigenvalue weighted by molar-refractivity contribution is 5.48. The van der Waals surface area contributed by atoms with Gasteiger partial charge in [-0.05, 0) is 73.2 Å². The third-order valence-corrected chi connectivity index (χ3v) is 5.84. The zero-order chi connectivity index (χ0) is 21.7. The van der Waals surface area contributed by atoms with Gasteiger partial charge in [0.15, 0.2) is 23.1 Å². The van der Waals surface area contributed by atoms with E-state index in [0.29, 0.717) is 5.75 Å². The second-order valence-corrected chi connectivity index (χ2v) is 7.68. The van der Waals surface area contributed by atoms with E-state index >= 15 is 0 Å². The van der Waals surface area contributed by atoms with E-state index in [1.807, 2.05) is 36.4 Å². The van der Waals surface area contributed by atoms with E-state index in [0.717, 1.165) is 48.3 Å². The van der Waals surface area contributed by atoms with Gasteiger partial charge in [0.05, 0.1) is 5.41 Å². The Kier molecular flexibility index (Phi) is 6.13. The highest BCUT2D eigenvalue weighted by Crippen LogP contribution is 2.40. The molecule has 0 radical (unpaired) electrons.